The lowest BCUT2D eigenvalue weighted by Crippen LogP contribution is -2.11. The number of carbonyl (C=O) groups is 2. The molecule has 0 atom stereocenters. The highest BCUT2D eigenvalue weighted by Gasteiger charge is 2.07. The van der Waals surface area contributed by atoms with Gasteiger partial charge in [0.15, 0.2) is 5.78 Å². The summed E-state index contributed by atoms with van der Waals surface area (Å²) in [6, 6.07) is 6.48. The van der Waals surface area contributed by atoms with Crippen molar-refractivity contribution in [3.05, 3.63) is 29.8 Å². The van der Waals surface area contributed by atoms with Gasteiger partial charge in [-0.3, -0.25) is 4.79 Å². The third kappa shape index (κ3) is 3.42. The van der Waals surface area contributed by atoms with Crippen LogP contribution >= 0.6 is 0 Å². The summed E-state index contributed by atoms with van der Waals surface area (Å²) in [6.07, 6.45) is 0. The lowest BCUT2D eigenvalue weighted by Gasteiger charge is -2.03. The third-order valence-electron chi connectivity index (χ3n) is 1.73. The number of esters is 1. The summed E-state index contributed by atoms with van der Waals surface area (Å²) in [5.41, 5.74) is 0.400. The minimum Gasteiger partial charge on any atom is -0.497 e. The smallest absolute Gasteiger partial charge is 0.338 e. The lowest BCUT2D eigenvalue weighted by molar-refractivity contribution is -0.120. The van der Waals surface area contributed by atoms with Crippen LogP contribution in [-0.4, -0.2) is 25.5 Å². The van der Waals surface area contributed by atoms with Crippen molar-refractivity contribution in [2.45, 2.75) is 6.92 Å². The zero-order valence-corrected chi connectivity index (χ0v) is 8.65. The van der Waals surface area contributed by atoms with E-state index >= 15 is 0 Å². The highest BCUT2D eigenvalue weighted by atomic mass is 16.5. The van der Waals surface area contributed by atoms with Crippen molar-refractivity contribution >= 4 is 11.8 Å². The first kappa shape index (κ1) is 11.2. The van der Waals surface area contributed by atoms with Gasteiger partial charge in [-0.15, -0.1) is 0 Å². The van der Waals surface area contributed by atoms with Crippen LogP contribution in [0.1, 0.15) is 17.3 Å². The molecule has 4 heteroatoms. The Labute approximate surface area is 87.8 Å². The van der Waals surface area contributed by atoms with Gasteiger partial charge in [-0.05, 0) is 31.2 Å². The van der Waals surface area contributed by atoms with Gasteiger partial charge < -0.3 is 9.47 Å². The van der Waals surface area contributed by atoms with Gasteiger partial charge in [-0.25, -0.2) is 4.79 Å². The number of hydrogen-bond acceptors (Lipinski definition) is 4. The molecule has 4 nitrogen and oxygen atoms in total. The summed E-state index contributed by atoms with van der Waals surface area (Å²) in [4.78, 5) is 21.9. The van der Waals surface area contributed by atoms with E-state index < -0.39 is 5.97 Å². The van der Waals surface area contributed by atoms with Crippen LogP contribution in [0.3, 0.4) is 0 Å². The van der Waals surface area contributed by atoms with E-state index in [1.54, 1.807) is 31.4 Å². The number of hydrogen-bond donors (Lipinski definition) is 0. The molecule has 0 heterocycles. The maximum absolute atomic E-state index is 11.3. The Bertz CT molecular complexity index is 353. The maximum atomic E-state index is 11.3. The van der Waals surface area contributed by atoms with Crippen molar-refractivity contribution in [1.29, 1.82) is 0 Å². The summed E-state index contributed by atoms with van der Waals surface area (Å²) >= 11 is 0. The van der Waals surface area contributed by atoms with Crippen LogP contribution in [-0.2, 0) is 9.53 Å². The summed E-state index contributed by atoms with van der Waals surface area (Å²) in [6.45, 7) is 1.17. The van der Waals surface area contributed by atoms with E-state index in [1.807, 2.05) is 0 Å². The number of ketones is 1. The minimum atomic E-state index is -0.507. The average Bonchev–Trinajstić information content (AvgIpc) is 2.26. The van der Waals surface area contributed by atoms with Gasteiger partial charge in [-0.1, -0.05) is 0 Å². The third-order valence-corrected chi connectivity index (χ3v) is 1.73. The molecular weight excluding hydrogens is 196 g/mol. The Kier molecular flexibility index (Phi) is 3.85. The number of carbonyl (C=O) groups excluding carboxylic acids is 2. The molecule has 0 aliphatic heterocycles. The van der Waals surface area contributed by atoms with Crippen LogP contribution in [0.25, 0.3) is 0 Å². The molecule has 0 fully saturated rings. The predicted octanol–water partition coefficient (Wildman–Crippen LogP) is 1.44. The van der Waals surface area contributed by atoms with E-state index in [2.05, 4.69) is 0 Å². The van der Waals surface area contributed by atoms with Gasteiger partial charge in [0.05, 0.1) is 12.7 Å². The fourth-order valence-corrected chi connectivity index (χ4v) is 0.978. The number of Topliss-reactive ketones (excluding diaryl/α,β-unsaturated/α-hetero) is 1. The van der Waals surface area contributed by atoms with Crippen molar-refractivity contribution in [3.63, 3.8) is 0 Å². The van der Waals surface area contributed by atoms with Gasteiger partial charge >= 0.3 is 5.97 Å². The minimum absolute atomic E-state index is 0.183. The van der Waals surface area contributed by atoms with E-state index in [9.17, 15) is 9.59 Å². The normalized spacial score (nSPS) is 9.47. The Balaban J connectivity index is 2.62. The van der Waals surface area contributed by atoms with Gasteiger partial charge in [0.2, 0.25) is 0 Å². The fourth-order valence-electron chi connectivity index (χ4n) is 0.978. The van der Waals surface area contributed by atoms with Crippen LogP contribution in [0.15, 0.2) is 24.3 Å². The van der Waals surface area contributed by atoms with Crippen molar-refractivity contribution in [1.82, 2.24) is 0 Å². The van der Waals surface area contributed by atoms with Crippen molar-refractivity contribution in [2.75, 3.05) is 13.7 Å². The van der Waals surface area contributed by atoms with Crippen LogP contribution in [0.4, 0.5) is 0 Å². The molecule has 0 aromatic heterocycles. The molecule has 0 unspecified atom stereocenters. The molecule has 0 saturated carbocycles. The quantitative estimate of drug-likeness (QED) is 0.702. The first-order chi connectivity index (χ1) is 7.13. The monoisotopic (exact) mass is 208 g/mol. The second kappa shape index (κ2) is 5.14. The Hall–Kier alpha value is -1.84. The highest BCUT2D eigenvalue weighted by Crippen LogP contribution is 2.11. The zero-order chi connectivity index (χ0) is 11.3. The zero-order valence-electron chi connectivity index (χ0n) is 8.65. The fraction of sp³-hybridized carbons (Fsp3) is 0.273. The van der Waals surface area contributed by atoms with E-state index in [-0.39, 0.29) is 12.4 Å². The van der Waals surface area contributed by atoms with Crippen molar-refractivity contribution in [3.8, 4) is 5.75 Å². The molecule has 0 saturated heterocycles. The van der Waals surface area contributed by atoms with Crippen LogP contribution in [0.5, 0.6) is 5.75 Å². The number of methoxy groups -OCH3 is 1. The molecule has 0 radical (unpaired) electrons. The maximum Gasteiger partial charge on any atom is 0.338 e. The van der Waals surface area contributed by atoms with Crippen LogP contribution < -0.4 is 4.74 Å². The van der Waals surface area contributed by atoms with Crippen LogP contribution in [0, 0.1) is 0 Å². The molecule has 0 spiro atoms. The van der Waals surface area contributed by atoms with E-state index in [4.69, 9.17) is 9.47 Å². The summed E-state index contributed by atoms with van der Waals surface area (Å²) in [5, 5.41) is 0. The van der Waals surface area contributed by atoms with E-state index in [0.29, 0.717) is 11.3 Å². The van der Waals surface area contributed by atoms with E-state index in [1.165, 1.54) is 6.92 Å². The molecule has 1 aromatic rings. The summed E-state index contributed by atoms with van der Waals surface area (Å²) in [5.74, 6) is -0.0252. The second-order valence-electron chi connectivity index (χ2n) is 3.01. The molecule has 0 aliphatic carbocycles. The number of benzene rings is 1. The molecule has 0 amide bonds. The standard InChI is InChI=1S/C11H12O4/c1-8(12)7-15-11(13)9-3-5-10(14-2)6-4-9/h3-6H,7H2,1-2H3. The number of ether oxygens (including phenoxy) is 2. The lowest BCUT2D eigenvalue weighted by atomic mass is 10.2. The van der Waals surface area contributed by atoms with Gasteiger partial charge in [0.25, 0.3) is 0 Å². The molecule has 0 bridgehead atoms. The van der Waals surface area contributed by atoms with Gasteiger partial charge in [0.1, 0.15) is 12.4 Å². The van der Waals surface area contributed by atoms with Crippen LogP contribution in [0.2, 0.25) is 0 Å². The summed E-state index contributed by atoms with van der Waals surface area (Å²) in [7, 11) is 1.54. The van der Waals surface area contributed by atoms with Gasteiger partial charge in [0, 0.05) is 0 Å². The molecule has 1 rings (SSSR count). The molecule has 0 aliphatic rings. The Morgan fingerprint density at radius 3 is 2.27 bits per heavy atom. The molecule has 1 aromatic carbocycles. The topological polar surface area (TPSA) is 52.6 Å². The molecular formula is C11H12O4. The van der Waals surface area contributed by atoms with E-state index in [0.717, 1.165) is 0 Å². The first-order valence-electron chi connectivity index (χ1n) is 4.44. The number of rotatable bonds is 4. The largest absolute Gasteiger partial charge is 0.497 e. The average molecular weight is 208 g/mol. The Morgan fingerprint density at radius 1 is 1.20 bits per heavy atom. The van der Waals surface area contributed by atoms with Crippen molar-refractivity contribution < 1.29 is 19.1 Å². The Morgan fingerprint density at radius 2 is 1.80 bits per heavy atom. The highest BCUT2D eigenvalue weighted by molar-refractivity contribution is 5.91. The SMILES string of the molecule is COc1ccc(C(=O)OCC(C)=O)cc1. The first-order valence-corrected chi connectivity index (χ1v) is 4.44. The molecule has 0 N–H and O–H groups in total. The molecule has 80 valence electrons. The molecule has 15 heavy (non-hydrogen) atoms. The second-order valence-corrected chi connectivity index (χ2v) is 3.01. The van der Waals surface area contributed by atoms with Gasteiger partial charge in [-0.2, -0.15) is 0 Å². The van der Waals surface area contributed by atoms with Crippen molar-refractivity contribution in [2.24, 2.45) is 0 Å². The summed E-state index contributed by atoms with van der Waals surface area (Å²) < 4.78 is 9.67. The predicted molar refractivity (Wildman–Crippen MR) is 54.0 cm³/mol.